The fourth-order valence-corrected chi connectivity index (χ4v) is 3.22. The molecule has 0 amide bonds. The monoisotopic (exact) mass is 274 g/mol. The largest absolute Gasteiger partial charge is 0.495 e. The van der Waals surface area contributed by atoms with Gasteiger partial charge in [-0.3, -0.25) is 4.99 Å². The maximum Gasteiger partial charge on any atom is 0.196 e. The lowest BCUT2D eigenvalue weighted by Gasteiger charge is -2.44. The number of para-hydroxylation sites is 2. The van der Waals surface area contributed by atoms with Gasteiger partial charge in [0.25, 0.3) is 0 Å². The maximum atomic E-state index is 6.18. The Morgan fingerprint density at radius 1 is 1.25 bits per heavy atom. The summed E-state index contributed by atoms with van der Waals surface area (Å²) in [5.41, 5.74) is 7.23. The molecule has 2 heterocycles. The third-order valence-corrected chi connectivity index (χ3v) is 4.48. The number of nitrogens with two attached hydrogens (primary N) is 1. The zero-order valence-electron chi connectivity index (χ0n) is 12.2. The summed E-state index contributed by atoms with van der Waals surface area (Å²) >= 11 is 0. The minimum absolute atomic E-state index is 0.0191. The zero-order chi connectivity index (χ0) is 14.2. The Morgan fingerprint density at radius 2 is 1.95 bits per heavy atom. The summed E-state index contributed by atoms with van der Waals surface area (Å²) in [7, 11) is 3.86. The van der Waals surface area contributed by atoms with E-state index in [1.165, 1.54) is 0 Å². The number of rotatable bonds is 2. The Balaban J connectivity index is 1.98. The van der Waals surface area contributed by atoms with Gasteiger partial charge in [-0.2, -0.15) is 0 Å². The number of anilines is 1. The van der Waals surface area contributed by atoms with Crippen molar-refractivity contribution in [3.8, 4) is 5.75 Å². The van der Waals surface area contributed by atoms with E-state index in [-0.39, 0.29) is 5.54 Å². The molecule has 108 valence electrons. The number of guanidine groups is 1. The van der Waals surface area contributed by atoms with E-state index in [0.29, 0.717) is 5.96 Å². The van der Waals surface area contributed by atoms with E-state index in [2.05, 4.69) is 27.9 Å². The van der Waals surface area contributed by atoms with Crippen molar-refractivity contribution >= 4 is 11.6 Å². The van der Waals surface area contributed by atoms with Crippen LogP contribution in [0.25, 0.3) is 0 Å². The second kappa shape index (κ2) is 4.98. The predicted octanol–water partition coefficient (Wildman–Crippen LogP) is 1.29. The van der Waals surface area contributed by atoms with Gasteiger partial charge in [-0.15, -0.1) is 0 Å². The van der Waals surface area contributed by atoms with Gasteiger partial charge in [0.05, 0.1) is 24.9 Å². The van der Waals surface area contributed by atoms with Crippen molar-refractivity contribution in [1.29, 1.82) is 0 Å². The van der Waals surface area contributed by atoms with Crippen LogP contribution in [-0.4, -0.2) is 50.2 Å². The first-order chi connectivity index (χ1) is 9.66. The fraction of sp³-hybridized carbons (Fsp3) is 0.533. The minimum Gasteiger partial charge on any atom is -0.495 e. The van der Waals surface area contributed by atoms with Crippen LogP contribution in [0.15, 0.2) is 29.3 Å². The smallest absolute Gasteiger partial charge is 0.196 e. The van der Waals surface area contributed by atoms with Gasteiger partial charge in [-0.25, -0.2) is 0 Å². The molecule has 0 aromatic heterocycles. The van der Waals surface area contributed by atoms with Gasteiger partial charge >= 0.3 is 0 Å². The number of aliphatic imine (C=N–C) groups is 1. The molecule has 5 heteroatoms. The Kier molecular flexibility index (Phi) is 3.30. The Hall–Kier alpha value is -1.75. The van der Waals surface area contributed by atoms with Gasteiger partial charge in [0, 0.05) is 13.1 Å². The summed E-state index contributed by atoms with van der Waals surface area (Å²) in [6.07, 6.45) is 2.15. The molecule has 2 aliphatic heterocycles. The minimum atomic E-state index is 0.0191. The standard InChI is InChI=1S/C15H22N4O/c1-18-9-7-15(8-10-18)11-17-14(16)19(15)12-5-3-4-6-13(12)20-2/h3-6H,7-11H2,1-2H3,(H2,16,17). The van der Waals surface area contributed by atoms with Crippen molar-refractivity contribution in [2.75, 3.05) is 38.7 Å². The van der Waals surface area contributed by atoms with E-state index < -0.39 is 0 Å². The molecule has 0 saturated carbocycles. The lowest BCUT2D eigenvalue weighted by molar-refractivity contribution is 0.201. The van der Waals surface area contributed by atoms with E-state index in [4.69, 9.17) is 10.5 Å². The highest BCUT2D eigenvalue weighted by Gasteiger charge is 2.45. The van der Waals surface area contributed by atoms with E-state index in [0.717, 1.165) is 43.9 Å². The first-order valence-corrected chi connectivity index (χ1v) is 7.08. The van der Waals surface area contributed by atoms with E-state index >= 15 is 0 Å². The number of piperidine rings is 1. The molecule has 20 heavy (non-hydrogen) atoms. The molecule has 1 fully saturated rings. The summed E-state index contributed by atoms with van der Waals surface area (Å²) in [4.78, 5) is 9.07. The van der Waals surface area contributed by atoms with Crippen molar-refractivity contribution in [3.63, 3.8) is 0 Å². The van der Waals surface area contributed by atoms with Gasteiger partial charge in [0.1, 0.15) is 5.75 Å². The van der Waals surface area contributed by atoms with Crippen LogP contribution in [0.5, 0.6) is 5.75 Å². The SMILES string of the molecule is COc1ccccc1N1C(N)=NCC12CCN(C)CC2. The van der Waals surface area contributed by atoms with Crippen LogP contribution >= 0.6 is 0 Å². The van der Waals surface area contributed by atoms with Crippen molar-refractivity contribution < 1.29 is 4.74 Å². The summed E-state index contributed by atoms with van der Waals surface area (Å²) in [6.45, 7) is 2.94. The topological polar surface area (TPSA) is 54.1 Å². The third-order valence-electron chi connectivity index (χ3n) is 4.48. The van der Waals surface area contributed by atoms with E-state index in [1.54, 1.807) is 7.11 Å². The molecule has 1 aromatic carbocycles. The molecule has 5 nitrogen and oxygen atoms in total. The molecule has 0 bridgehead atoms. The number of benzene rings is 1. The lowest BCUT2D eigenvalue weighted by Crippen LogP contribution is -2.57. The van der Waals surface area contributed by atoms with Crippen LogP contribution in [0.1, 0.15) is 12.8 Å². The van der Waals surface area contributed by atoms with Crippen molar-refractivity contribution in [2.24, 2.45) is 10.7 Å². The zero-order valence-corrected chi connectivity index (χ0v) is 12.2. The molecule has 2 N–H and O–H groups in total. The van der Waals surface area contributed by atoms with E-state index in [9.17, 15) is 0 Å². The molecular formula is C15H22N4O. The molecule has 0 atom stereocenters. The van der Waals surface area contributed by atoms with Gasteiger partial charge in [0.2, 0.25) is 0 Å². The Bertz CT molecular complexity index is 520. The van der Waals surface area contributed by atoms with Crippen LogP contribution in [-0.2, 0) is 0 Å². The maximum absolute atomic E-state index is 6.18. The molecular weight excluding hydrogens is 252 g/mol. The average Bonchev–Trinajstić information content (AvgIpc) is 2.79. The molecule has 0 radical (unpaired) electrons. The quantitative estimate of drug-likeness (QED) is 0.883. The first kappa shape index (κ1) is 13.2. The highest BCUT2D eigenvalue weighted by molar-refractivity contribution is 5.99. The van der Waals surface area contributed by atoms with E-state index in [1.807, 2.05) is 18.2 Å². The molecule has 1 saturated heterocycles. The number of methoxy groups -OCH3 is 1. The number of nitrogens with zero attached hydrogens (tertiary/aromatic N) is 3. The normalized spacial score (nSPS) is 22.1. The second-order valence-corrected chi connectivity index (χ2v) is 5.71. The molecule has 1 aromatic rings. The van der Waals surface area contributed by atoms with Crippen LogP contribution in [0.4, 0.5) is 5.69 Å². The van der Waals surface area contributed by atoms with Crippen LogP contribution in [0.2, 0.25) is 0 Å². The summed E-state index contributed by atoms with van der Waals surface area (Å²) in [6, 6.07) is 8.04. The number of hydrogen-bond donors (Lipinski definition) is 1. The summed E-state index contributed by atoms with van der Waals surface area (Å²) < 4.78 is 5.50. The number of hydrogen-bond acceptors (Lipinski definition) is 5. The second-order valence-electron chi connectivity index (χ2n) is 5.71. The third kappa shape index (κ3) is 2.02. The molecule has 3 rings (SSSR count). The Morgan fingerprint density at radius 3 is 2.65 bits per heavy atom. The van der Waals surface area contributed by atoms with Crippen LogP contribution < -0.4 is 15.4 Å². The van der Waals surface area contributed by atoms with Crippen molar-refractivity contribution in [1.82, 2.24) is 4.90 Å². The molecule has 2 aliphatic rings. The van der Waals surface area contributed by atoms with Gasteiger partial charge < -0.3 is 20.3 Å². The summed E-state index contributed by atoms with van der Waals surface area (Å²) in [5, 5.41) is 0. The van der Waals surface area contributed by atoms with Crippen LogP contribution in [0, 0.1) is 0 Å². The Labute approximate surface area is 120 Å². The number of ether oxygens (including phenoxy) is 1. The predicted molar refractivity (Wildman–Crippen MR) is 81.4 cm³/mol. The first-order valence-electron chi connectivity index (χ1n) is 7.08. The van der Waals surface area contributed by atoms with Crippen molar-refractivity contribution in [3.05, 3.63) is 24.3 Å². The molecule has 1 spiro atoms. The fourth-order valence-electron chi connectivity index (χ4n) is 3.22. The van der Waals surface area contributed by atoms with Crippen molar-refractivity contribution in [2.45, 2.75) is 18.4 Å². The van der Waals surface area contributed by atoms with Gasteiger partial charge in [0.15, 0.2) is 5.96 Å². The lowest BCUT2D eigenvalue weighted by atomic mass is 9.86. The summed E-state index contributed by atoms with van der Waals surface area (Å²) in [5.74, 6) is 1.46. The highest BCUT2D eigenvalue weighted by Crippen LogP contribution is 2.40. The molecule has 0 unspecified atom stereocenters. The van der Waals surface area contributed by atoms with Gasteiger partial charge in [-0.1, -0.05) is 12.1 Å². The number of likely N-dealkylation sites (tertiary alicyclic amines) is 1. The van der Waals surface area contributed by atoms with Gasteiger partial charge in [-0.05, 0) is 32.0 Å². The highest BCUT2D eigenvalue weighted by atomic mass is 16.5. The molecule has 0 aliphatic carbocycles. The average molecular weight is 274 g/mol. The van der Waals surface area contributed by atoms with Crippen LogP contribution in [0.3, 0.4) is 0 Å².